The number of amides is 1. The molecule has 3 rings (SSSR count). The third-order valence-electron chi connectivity index (χ3n) is 4.65. The normalized spacial score (nSPS) is 29.6. The van der Waals surface area contributed by atoms with E-state index in [2.05, 4.69) is 10.3 Å². The van der Waals surface area contributed by atoms with Crippen LogP contribution in [0.2, 0.25) is 0 Å². The van der Waals surface area contributed by atoms with Crippen molar-refractivity contribution in [1.29, 1.82) is 0 Å². The number of pyridine rings is 1. The van der Waals surface area contributed by atoms with E-state index in [-0.39, 0.29) is 17.7 Å². The smallest absolute Gasteiger partial charge is 0.307 e. The number of fused-ring (bicyclic) bond motifs is 2. The number of carboxylic acid groups (broad SMARTS) is 1. The molecule has 0 spiro atoms. The van der Waals surface area contributed by atoms with Crippen molar-refractivity contribution in [2.24, 2.45) is 23.7 Å². The summed E-state index contributed by atoms with van der Waals surface area (Å²) in [6, 6.07) is 1.89. The van der Waals surface area contributed by atoms with Crippen LogP contribution < -0.4 is 5.32 Å². The van der Waals surface area contributed by atoms with Gasteiger partial charge in [-0.15, -0.1) is 0 Å². The minimum atomic E-state index is -0.871. The lowest BCUT2D eigenvalue weighted by Gasteiger charge is -2.24. The summed E-state index contributed by atoms with van der Waals surface area (Å²) in [4.78, 5) is 27.9. The molecule has 1 heterocycles. The minimum absolute atomic E-state index is 0.00313. The van der Waals surface area contributed by atoms with Gasteiger partial charge in [0, 0.05) is 18.9 Å². The zero-order chi connectivity index (χ0) is 15.0. The average molecular weight is 286 g/mol. The number of nitrogens with zero attached hydrogens (tertiary/aromatic N) is 1. The molecule has 1 saturated carbocycles. The number of rotatable bonds is 4. The molecule has 0 aliphatic heterocycles. The van der Waals surface area contributed by atoms with Gasteiger partial charge >= 0.3 is 5.97 Å². The molecule has 2 N–H and O–H groups in total. The Labute approximate surface area is 123 Å². The van der Waals surface area contributed by atoms with Gasteiger partial charge in [-0.3, -0.25) is 14.6 Å². The van der Waals surface area contributed by atoms with E-state index in [1.165, 1.54) is 0 Å². The lowest BCUT2D eigenvalue weighted by atomic mass is 9.82. The number of aromatic nitrogens is 1. The molecular formula is C16H18N2O3. The van der Waals surface area contributed by atoms with Gasteiger partial charge in [0.2, 0.25) is 5.91 Å². The fourth-order valence-corrected chi connectivity index (χ4v) is 3.50. The zero-order valence-electron chi connectivity index (χ0n) is 11.8. The SMILES string of the molecule is Cc1ccncc1CNC(=O)C1C2C=CC(C2)C1C(=O)O. The Hall–Kier alpha value is -2.17. The number of aliphatic carboxylic acids is 1. The van der Waals surface area contributed by atoms with Gasteiger partial charge in [-0.1, -0.05) is 12.2 Å². The largest absolute Gasteiger partial charge is 0.481 e. The molecule has 110 valence electrons. The quantitative estimate of drug-likeness (QED) is 0.823. The van der Waals surface area contributed by atoms with Gasteiger partial charge in [0.1, 0.15) is 0 Å². The molecule has 5 nitrogen and oxygen atoms in total. The van der Waals surface area contributed by atoms with Crippen LogP contribution in [-0.4, -0.2) is 22.0 Å². The second-order valence-electron chi connectivity index (χ2n) is 5.86. The number of hydrogen-bond acceptors (Lipinski definition) is 3. The summed E-state index contributed by atoms with van der Waals surface area (Å²) in [6.45, 7) is 2.35. The molecule has 2 aliphatic rings. The van der Waals surface area contributed by atoms with Crippen molar-refractivity contribution in [1.82, 2.24) is 10.3 Å². The maximum Gasteiger partial charge on any atom is 0.307 e. The summed E-state index contributed by atoms with van der Waals surface area (Å²) >= 11 is 0. The molecule has 0 aromatic carbocycles. The first kappa shape index (κ1) is 13.8. The molecule has 2 aliphatic carbocycles. The first-order valence-electron chi connectivity index (χ1n) is 7.16. The van der Waals surface area contributed by atoms with E-state index < -0.39 is 17.8 Å². The predicted octanol–water partition coefficient (Wildman–Crippen LogP) is 1.53. The molecule has 1 amide bonds. The molecule has 1 aromatic rings. The topological polar surface area (TPSA) is 79.3 Å². The highest BCUT2D eigenvalue weighted by molar-refractivity contribution is 5.86. The highest BCUT2D eigenvalue weighted by Gasteiger charge is 2.51. The molecule has 5 heteroatoms. The van der Waals surface area contributed by atoms with E-state index in [0.717, 1.165) is 17.5 Å². The summed E-state index contributed by atoms with van der Waals surface area (Å²) in [6.07, 6.45) is 8.15. The summed E-state index contributed by atoms with van der Waals surface area (Å²) in [5, 5.41) is 12.2. The molecule has 4 atom stereocenters. The Morgan fingerprint density at radius 2 is 2.05 bits per heavy atom. The monoisotopic (exact) mass is 286 g/mol. The van der Waals surface area contributed by atoms with Crippen molar-refractivity contribution >= 4 is 11.9 Å². The highest BCUT2D eigenvalue weighted by Crippen LogP contribution is 2.48. The van der Waals surface area contributed by atoms with Crippen LogP contribution in [0.15, 0.2) is 30.6 Å². The minimum Gasteiger partial charge on any atom is -0.481 e. The van der Waals surface area contributed by atoms with Gasteiger partial charge in [-0.25, -0.2) is 0 Å². The first-order chi connectivity index (χ1) is 10.1. The van der Waals surface area contributed by atoms with Gasteiger partial charge in [-0.2, -0.15) is 0 Å². The number of allylic oxidation sites excluding steroid dienone is 2. The van der Waals surface area contributed by atoms with Crippen LogP contribution in [0.1, 0.15) is 17.5 Å². The number of hydrogen-bond donors (Lipinski definition) is 2. The summed E-state index contributed by atoms with van der Waals surface area (Å²) in [5.74, 6) is -2.01. The Morgan fingerprint density at radius 3 is 2.71 bits per heavy atom. The second kappa shape index (κ2) is 5.31. The molecule has 4 unspecified atom stereocenters. The molecule has 1 fully saturated rings. The zero-order valence-corrected chi connectivity index (χ0v) is 11.8. The lowest BCUT2D eigenvalue weighted by molar-refractivity contribution is -0.147. The van der Waals surface area contributed by atoms with Gasteiger partial charge in [0.15, 0.2) is 0 Å². The molecule has 2 bridgehead atoms. The fourth-order valence-electron chi connectivity index (χ4n) is 3.50. The standard InChI is InChI=1S/C16H18N2O3/c1-9-4-5-17-7-12(9)8-18-15(19)13-10-2-3-11(6-10)14(13)16(20)21/h2-5,7,10-11,13-14H,6,8H2,1H3,(H,18,19)(H,20,21). The number of nitrogens with one attached hydrogen (secondary N) is 1. The average Bonchev–Trinajstić information content (AvgIpc) is 3.06. The van der Waals surface area contributed by atoms with Gasteiger partial charge in [0.25, 0.3) is 0 Å². The van der Waals surface area contributed by atoms with Crippen LogP contribution in [-0.2, 0) is 16.1 Å². The molecule has 1 aromatic heterocycles. The predicted molar refractivity (Wildman–Crippen MR) is 76.2 cm³/mol. The van der Waals surface area contributed by atoms with E-state index in [1.54, 1.807) is 12.4 Å². The number of carbonyl (C=O) groups is 2. The van der Waals surface area contributed by atoms with Crippen molar-refractivity contribution in [3.63, 3.8) is 0 Å². The molecule has 0 radical (unpaired) electrons. The third kappa shape index (κ3) is 2.44. The van der Waals surface area contributed by atoms with Crippen LogP contribution in [0.25, 0.3) is 0 Å². The van der Waals surface area contributed by atoms with Crippen molar-refractivity contribution in [3.05, 3.63) is 41.7 Å². The number of carbonyl (C=O) groups excluding carboxylic acids is 1. The Morgan fingerprint density at radius 1 is 1.33 bits per heavy atom. The van der Waals surface area contributed by atoms with Crippen LogP contribution in [0, 0.1) is 30.6 Å². The van der Waals surface area contributed by atoms with Gasteiger partial charge in [-0.05, 0) is 42.4 Å². The Bertz CT molecular complexity index is 611. The van der Waals surface area contributed by atoms with Crippen LogP contribution in [0.5, 0.6) is 0 Å². The summed E-state index contributed by atoms with van der Waals surface area (Å²) in [7, 11) is 0. The Balaban J connectivity index is 1.69. The number of carboxylic acids is 1. The van der Waals surface area contributed by atoms with Crippen molar-refractivity contribution in [2.45, 2.75) is 19.9 Å². The van der Waals surface area contributed by atoms with E-state index in [0.29, 0.717) is 6.54 Å². The third-order valence-corrected chi connectivity index (χ3v) is 4.65. The summed E-state index contributed by atoms with van der Waals surface area (Å²) in [5.41, 5.74) is 2.02. The van der Waals surface area contributed by atoms with Crippen LogP contribution in [0.3, 0.4) is 0 Å². The van der Waals surface area contributed by atoms with E-state index in [1.807, 2.05) is 25.1 Å². The number of aryl methyl sites for hydroxylation is 1. The van der Waals surface area contributed by atoms with Gasteiger partial charge in [0.05, 0.1) is 11.8 Å². The molecular weight excluding hydrogens is 268 g/mol. The maximum absolute atomic E-state index is 12.4. The van der Waals surface area contributed by atoms with Crippen molar-refractivity contribution in [3.8, 4) is 0 Å². The van der Waals surface area contributed by atoms with Crippen LogP contribution >= 0.6 is 0 Å². The van der Waals surface area contributed by atoms with Crippen molar-refractivity contribution in [2.75, 3.05) is 0 Å². The fraction of sp³-hybridized carbons (Fsp3) is 0.438. The summed E-state index contributed by atoms with van der Waals surface area (Å²) < 4.78 is 0. The Kier molecular flexibility index (Phi) is 3.49. The van der Waals surface area contributed by atoms with E-state index in [4.69, 9.17) is 0 Å². The molecule has 21 heavy (non-hydrogen) atoms. The first-order valence-corrected chi connectivity index (χ1v) is 7.16. The second-order valence-corrected chi connectivity index (χ2v) is 5.86. The lowest BCUT2D eigenvalue weighted by Crippen LogP contribution is -2.40. The van der Waals surface area contributed by atoms with Crippen LogP contribution in [0.4, 0.5) is 0 Å². The van der Waals surface area contributed by atoms with E-state index in [9.17, 15) is 14.7 Å². The molecule has 0 saturated heterocycles. The van der Waals surface area contributed by atoms with Gasteiger partial charge < -0.3 is 10.4 Å². The highest BCUT2D eigenvalue weighted by atomic mass is 16.4. The maximum atomic E-state index is 12.4. The van der Waals surface area contributed by atoms with E-state index >= 15 is 0 Å². The van der Waals surface area contributed by atoms with Crippen molar-refractivity contribution < 1.29 is 14.7 Å².